The molecule has 0 aliphatic heterocycles. The third-order valence-electron chi connectivity index (χ3n) is 5.93. The highest BCUT2D eigenvalue weighted by Gasteiger charge is 2.43. The molecule has 2 aliphatic carbocycles. The van der Waals surface area contributed by atoms with Crippen molar-refractivity contribution in [2.24, 2.45) is 5.41 Å². The van der Waals surface area contributed by atoms with Gasteiger partial charge in [-0.1, -0.05) is 31.0 Å². The number of fused-ring (bicyclic) bond motifs is 1. The summed E-state index contributed by atoms with van der Waals surface area (Å²) >= 11 is 0. The summed E-state index contributed by atoms with van der Waals surface area (Å²) in [6.45, 7) is 0. The monoisotopic (exact) mass is 281 g/mol. The van der Waals surface area contributed by atoms with Crippen molar-refractivity contribution in [3.63, 3.8) is 0 Å². The van der Waals surface area contributed by atoms with Gasteiger partial charge in [-0.25, -0.2) is 0 Å². The second-order valence-electron chi connectivity index (χ2n) is 7.16. The van der Waals surface area contributed by atoms with E-state index in [1.165, 1.54) is 38.5 Å². The quantitative estimate of drug-likeness (QED) is 0.831. The van der Waals surface area contributed by atoms with Crippen LogP contribution in [0, 0.1) is 5.41 Å². The number of aromatic nitrogens is 1. The third-order valence-corrected chi connectivity index (χ3v) is 5.93. The Morgan fingerprint density at radius 3 is 2.38 bits per heavy atom. The molecule has 0 saturated heterocycles. The van der Waals surface area contributed by atoms with Crippen LogP contribution in [0.2, 0.25) is 0 Å². The number of rotatable bonds is 1. The van der Waals surface area contributed by atoms with Crippen LogP contribution < -0.4 is 0 Å². The van der Waals surface area contributed by atoms with Gasteiger partial charge in [0.05, 0.1) is 11.1 Å². The van der Waals surface area contributed by atoms with Gasteiger partial charge < -0.3 is 5.11 Å². The van der Waals surface area contributed by atoms with Gasteiger partial charge in [-0.3, -0.25) is 4.98 Å². The maximum Gasteiger partial charge on any atom is 0.0912 e. The van der Waals surface area contributed by atoms with Gasteiger partial charge in [0, 0.05) is 17.1 Å². The number of para-hydroxylation sites is 1. The summed E-state index contributed by atoms with van der Waals surface area (Å²) < 4.78 is 0. The molecule has 110 valence electrons. The van der Waals surface area contributed by atoms with Crippen molar-refractivity contribution in [2.75, 3.05) is 0 Å². The molecule has 1 heterocycles. The molecule has 1 aromatic heterocycles. The Bertz CT molecular complexity index is 647. The van der Waals surface area contributed by atoms with Crippen molar-refractivity contribution >= 4 is 10.9 Å². The summed E-state index contributed by atoms with van der Waals surface area (Å²) in [5.74, 6) is 0. The molecule has 2 fully saturated rings. The van der Waals surface area contributed by atoms with E-state index in [1.807, 2.05) is 24.4 Å². The number of hydrogen-bond donors (Lipinski definition) is 1. The van der Waals surface area contributed by atoms with Gasteiger partial charge in [-0.2, -0.15) is 0 Å². The summed E-state index contributed by atoms with van der Waals surface area (Å²) in [7, 11) is 0. The Morgan fingerprint density at radius 1 is 0.905 bits per heavy atom. The summed E-state index contributed by atoms with van der Waals surface area (Å²) in [4.78, 5) is 4.53. The second kappa shape index (κ2) is 4.81. The van der Waals surface area contributed by atoms with Crippen LogP contribution in [0.25, 0.3) is 10.9 Å². The van der Waals surface area contributed by atoms with Crippen molar-refractivity contribution < 1.29 is 5.11 Å². The first-order valence-electron chi connectivity index (χ1n) is 8.27. The van der Waals surface area contributed by atoms with E-state index in [9.17, 15) is 5.11 Å². The standard InChI is InChI=1S/C19H23NO/c21-19(11-9-18(10-12-19)7-3-4-8-18)16-13-15-5-1-2-6-17(15)20-14-16/h1-2,5-6,13-14,21H,3-4,7-12H2. The lowest BCUT2D eigenvalue weighted by Gasteiger charge is -2.42. The average Bonchev–Trinajstić information content (AvgIpc) is 2.99. The number of aliphatic hydroxyl groups is 1. The fourth-order valence-corrected chi connectivity index (χ4v) is 4.43. The van der Waals surface area contributed by atoms with Crippen molar-refractivity contribution in [1.29, 1.82) is 0 Å². The molecule has 2 aromatic rings. The highest BCUT2D eigenvalue weighted by molar-refractivity contribution is 5.78. The fraction of sp³-hybridized carbons (Fsp3) is 0.526. The Balaban J connectivity index is 1.62. The van der Waals surface area contributed by atoms with Gasteiger partial charge in [-0.05, 0) is 56.1 Å². The molecule has 2 nitrogen and oxygen atoms in total. The Hall–Kier alpha value is -1.41. The maximum absolute atomic E-state index is 11.1. The summed E-state index contributed by atoms with van der Waals surface area (Å²) in [5, 5.41) is 12.2. The van der Waals surface area contributed by atoms with Crippen LogP contribution in [0.5, 0.6) is 0 Å². The molecule has 1 spiro atoms. The zero-order valence-electron chi connectivity index (χ0n) is 12.5. The van der Waals surface area contributed by atoms with Crippen molar-refractivity contribution in [3.05, 3.63) is 42.1 Å². The molecule has 0 amide bonds. The van der Waals surface area contributed by atoms with Crippen LogP contribution in [0.4, 0.5) is 0 Å². The molecule has 1 aromatic carbocycles. The summed E-state index contributed by atoms with van der Waals surface area (Å²) in [5.41, 5.74) is 1.91. The molecule has 4 rings (SSSR count). The molecular weight excluding hydrogens is 258 g/mol. The normalized spacial score (nSPS) is 23.7. The summed E-state index contributed by atoms with van der Waals surface area (Å²) in [6.07, 6.45) is 11.5. The van der Waals surface area contributed by atoms with Gasteiger partial charge in [0.1, 0.15) is 0 Å². The highest BCUT2D eigenvalue weighted by Crippen LogP contribution is 2.53. The minimum Gasteiger partial charge on any atom is -0.385 e. The zero-order chi connectivity index (χ0) is 14.3. The SMILES string of the molecule is OC1(c2cnc3ccccc3c2)CCC2(CCCC2)CC1. The maximum atomic E-state index is 11.1. The summed E-state index contributed by atoms with van der Waals surface area (Å²) in [6, 6.07) is 10.3. The number of nitrogens with zero attached hydrogens (tertiary/aromatic N) is 1. The zero-order valence-corrected chi connectivity index (χ0v) is 12.5. The smallest absolute Gasteiger partial charge is 0.0912 e. The molecule has 0 atom stereocenters. The minimum atomic E-state index is -0.662. The van der Waals surface area contributed by atoms with Crippen molar-refractivity contribution in [3.8, 4) is 0 Å². The van der Waals surface area contributed by atoms with Crippen LogP contribution in [-0.2, 0) is 5.60 Å². The fourth-order valence-electron chi connectivity index (χ4n) is 4.43. The van der Waals surface area contributed by atoms with Crippen LogP contribution in [-0.4, -0.2) is 10.1 Å². The average molecular weight is 281 g/mol. The largest absolute Gasteiger partial charge is 0.385 e. The van der Waals surface area contributed by atoms with Gasteiger partial charge in [0.2, 0.25) is 0 Å². The first-order valence-corrected chi connectivity index (χ1v) is 8.27. The van der Waals surface area contributed by atoms with Crippen molar-refractivity contribution in [2.45, 2.75) is 57.0 Å². The molecule has 0 bridgehead atoms. The first-order chi connectivity index (χ1) is 10.2. The van der Waals surface area contributed by atoms with E-state index in [-0.39, 0.29) is 0 Å². The van der Waals surface area contributed by atoms with E-state index in [1.54, 1.807) is 0 Å². The third kappa shape index (κ3) is 2.26. The van der Waals surface area contributed by atoms with E-state index in [0.717, 1.165) is 29.3 Å². The van der Waals surface area contributed by atoms with Crippen LogP contribution in [0.1, 0.15) is 56.9 Å². The molecule has 2 heteroatoms. The van der Waals surface area contributed by atoms with E-state index in [0.29, 0.717) is 5.41 Å². The predicted octanol–water partition coefficient (Wildman–Crippen LogP) is 4.56. The molecule has 21 heavy (non-hydrogen) atoms. The Labute approximate surface area is 126 Å². The van der Waals surface area contributed by atoms with Gasteiger partial charge >= 0.3 is 0 Å². The van der Waals surface area contributed by atoms with E-state index in [2.05, 4.69) is 17.1 Å². The van der Waals surface area contributed by atoms with E-state index in [4.69, 9.17) is 0 Å². The molecular formula is C19H23NO. The lowest BCUT2D eigenvalue weighted by atomic mass is 9.66. The van der Waals surface area contributed by atoms with E-state index < -0.39 is 5.60 Å². The molecule has 0 unspecified atom stereocenters. The molecule has 0 radical (unpaired) electrons. The van der Waals surface area contributed by atoms with Crippen LogP contribution >= 0.6 is 0 Å². The number of pyridine rings is 1. The molecule has 2 saturated carbocycles. The number of benzene rings is 1. The highest BCUT2D eigenvalue weighted by atomic mass is 16.3. The van der Waals surface area contributed by atoms with Crippen LogP contribution in [0.3, 0.4) is 0 Å². The lowest BCUT2D eigenvalue weighted by molar-refractivity contribution is -0.0377. The lowest BCUT2D eigenvalue weighted by Crippen LogP contribution is -2.36. The van der Waals surface area contributed by atoms with Crippen molar-refractivity contribution in [1.82, 2.24) is 4.98 Å². The molecule has 1 N–H and O–H groups in total. The number of hydrogen-bond acceptors (Lipinski definition) is 2. The van der Waals surface area contributed by atoms with Crippen LogP contribution in [0.15, 0.2) is 36.5 Å². The topological polar surface area (TPSA) is 33.1 Å². The predicted molar refractivity (Wildman–Crippen MR) is 85.0 cm³/mol. The van der Waals surface area contributed by atoms with E-state index >= 15 is 0 Å². The first kappa shape index (κ1) is 13.3. The Morgan fingerprint density at radius 2 is 1.62 bits per heavy atom. The Kier molecular flexibility index (Phi) is 3.04. The molecule has 2 aliphatic rings. The second-order valence-corrected chi connectivity index (χ2v) is 7.16. The van der Waals surface area contributed by atoms with Gasteiger partial charge in [0.25, 0.3) is 0 Å². The van der Waals surface area contributed by atoms with Gasteiger partial charge in [0.15, 0.2) is 0 Å². The van der Waals surface area contributed by atoms with Gasteiger partial charge in [-0.15, -0.1) is 0 Å². The minimum absolute atomic E-state index is 0.552.